The molecule has 0 aliphatic carbocycles. The van der Waals surface area contributed by atoms with Gasteiger partial charge in [-0.1, -0.05) is 0 Å². The first-order valence-corrected chi connectivity index (χ1v) is 7.65. The number of hydrogen-bond donors (Lipinski definition) is 2. The molecule has 1 aromatic rings. The van der Waals surface area contributed by atoms with E-state index in [1.165, 1.54) is 18.5 Å². The van der Waals surface area contributed by atoms with Crippen LogP contribution < -0.4 is 4.72 Å². The standard InChI is InChI=1S/C12H18N2O4S/c15-10-12(3-6-18-7-4-12)9-14-19(16,17)11-2-1-5-13-8-11/h1-2,5,8,14-15H,3-4,6-7,9-10H2. The maximum absolute atomic E-state index is 12.1. The molecular formula is C12H18N2O4S. The molecule has 0 atom stereocenters. The average Bonchev–Trinajstić information content (AvgIpc) is 2.47. The van der Waals surface area contributed by atoms with Crippen molar-refractivity contribution in [3.63, 3.8) is 0 Å². The van der Waals surface area contributed by atoms with E-state index in [2.05, 4.69) is 9.71 Å². The summed E-state index contributed by atoms with van der Waals surface area (Å²) in [4.78, 5) is 3.93. The number of sulfonamides is 1. The largest absolute Gasteiger partial charge is 0.396 e. The molecule has 0 aromatic carbocycles. The molecule has 1 aliphatic rings. The summed E-state index contributed by atoms with van der Waals surface area (Å²) in [7, 11) is -3.57. The van der Waals surface area contributed by atoms with Gasteiger partial charge in [-0.25, -0.2) is 13.1 Å². The first-order chi connectivity index (χ1) is 9.08. The highest BCUT2D eigenvalue weighted by Gasteiger charge is 2.33. The van der Waals surface area contributed by atoms with E-state index in [9.17, 15) is 13.5 Å². The second-order valence-electron chi connectivity index (χ2n) is 4.78. The molecule has 19 heavy (non-hydrogen) atoms. The summed E-state index contributed by atoms with van der Waals surface area (Å²) < 4.78 is 31.9. The van der Waals surface area contributed by atoms with E-state index in [1.54, 1.807) is 6.07 Å². The summed E-state index contributed by atoms with van der Waals surface area (Å²) in [5, 5.41) is 9.51. The van der Waals surface area contributed by atoms with Crippen LogP contribution in [0.5, 0.6) is 0 Å². The van der Waals surface area contributed by atoms with Crippen LogP contribution in [-0.2, 0) is 14.8 Å². The number of pyridine rings is 1. The van der Waals surface area contributed by atoms with Crippen LogP contribution in [0.2, 0.25) is 0 Å². The molecule has 0 unspecified atom stereocenters. The first-order valence-electron chi connectivity index (χ1n) is 6.16. The Balaban J connectivity index is 2.05. The molecule has 106 valence electrons. The highest BCUT2D eigenvalue weighted by atomic mass is 32.2. The minimum absolute atomic E-state index is 0.0497. The van der Waals surface area contributed by atoms with Crippen LogP contribution in [0.3, 0.4) is 0 Å². The lowest BCUT2D eigenvalue weighted by Gasteiger charge is -2.35. The number of nitrogens with one attached hydrogen (secondary N) is 1. The van der Waals surface area contributed by atoms with Gasteiger partial charge >= 0.3 is 0 Å². The predicted molar refractivity (Wildman–Crippen MR) is 69.0 cm³/mol. The molecule has 6 nitrogen and oxygen atoms in total. The molecule has 2 rings (SSSR count). The minimum atomic E-state index is -3.57. The van der Waals surface area contributed by atoms with Crippen LogP contribution in [0, 0.1) is 5.41 Å². The zero-order chi connectivity index (χ0) is 13.8. The van der Waals surface area contributed by atoms with Gasteiger partial charge in [0.25, 0.3) is 0 Å². The van der Waals surface area contributed by atoms with Crippen molar-refractivity contribution < 1.29 is 18.3 Å². The fourth-order valence-electron chi connectivity index (χ4n) is 2.03. The van der Waals surface area contributed by atoms with Gasteiger partial charge < -0.3 is 9.84 Å². The lowest BCUT2D eigenvalue weighted by molar-refractivity contribution is -0.0126. The highest BCUT2D eigenvalue weighted by Crippen LogP contribution is 2.29. The van der Waals surface area contributed by atoms with Crippen LogP contribution >= 0.6 is 0 Å². The zero-order valence-electron chi connectivity index (χ0n) is 10.6. The van der Waals surface area contributed by atoms with Gasteiger partial charge in [0.05, 0.1) is 6.61 Å². The summed E-state index contributed by atoms with van der Waals surface area (Å²) in [6.07, 6.45) is 4.13. The van der Waals surface area contributed by atoms with Gasteiger partial charge in [-0.3, -0.25) is 4.98 Å². The van der Waals surface area contributed by atoms with Crippen LogP contribution in [-0.4, -0.2) is 44.9 Å². The van der Waals surface area contributed by atoms with Crippen molar-refractivity contribution >= 4 is 10.0 Å². The smallest absolute Gasteiger partial charge is 0.242 e. The third-order valence-electron chi connectivity index (χ3n) is 3.47. The van der Waals surface area contributed by atoms with E-state index in [4.69, 9.17) is 4.74 Å². The third-order valence-corrected chi connectivity index (χ3v) is 4.86. The first kappa shape index (κ1) is 14.4. The lowest BCUT2D eigenvalue weighted by atomic mass is 9.81. The van der Waals surface area contributed by atoms with E-state index in [1.807, 2.05) is 0 Å². The van der Waals surface area contributed by atoms with Crippen molar-refractivity contribution in [1.82, 2.24) is 9.71 Å². The quantitative estimate of drug-likeness (QED) is 0.804. The molecule has 1 fully saturated rings. The van der Waals surface area contributed by atoms with Crippen LogP contribution in [0.15, 0.2) is 29.4 Å². The number of rotatable bonds is 5. The number of hydrogen-bond acceptors (Lipinski definition) is 5. The normalized spacial score (nSPS) is 19.2. The molecule has 0 spiro atoms. The van der Waals surface area contributed by atoms with Crippen molar-refractivity contribution in [3.05, 3.63) is 24.5 Å². The molecule has 1 aliphatic heterocycles. The fraction of sp³-hybridized carbons (Fsp3) is 0.583. The SMILES string of the molecule is O=S(=O)(NCC1(CO)CCOCC1)c1cccnc1. The van der Waals surface area contributed by atoms with Gasteiger partial charge in [0.2, 0.25) is 10.0 Å². The van der Waals surface area contributed by atoms with Crippen molar-refractivity contribution in [2.24, 2.45) is 5.41 Å². The van der Waals surface area contributed by atoms with E-state index in [0.29, 0.717) is 26.1 Å². The summed E-state index contributed by atoms with van der Waals surface area (Å²) in [6, 6.07) is 3.07. The fourth-order valence-corrected chi connectivity index (χ4v) is 3.15. The molecule has 7 heteroatoms. The Labute approximate surface area is 112 Å². The van der Waals surface area contributed by atoms with Crippen LogP contribution in [0.25, 0.3) is 0 Å². The Hall–Kier alpha value is -1.02. The number of aliphatic hydroxyl groups is 1. The second-order valence-corrected chi connectivity index (χ2v) is 6.55. The molecule has 0 radical (unpaired) electrons. The molecule has 0 saturated carbocycles. The summed E-state index contributed by atoms with van der Waals surface area (Å²) in [5.41, 5.74) is -0.423. The highest BCUT2D eigenvalue weighted by molar-refractivity contribution is 7.89. The summed E-state index contributed by atoms with van der Waals surface area (Å²) >= 11 is 0. The van der Waals surface area contributed by atoms with E-state index >= 15 is 0 Å². The molecule has 2 heterocycles. The van der Waals surface area contributed by atoms with E-state index < -0.39 is 15.4 Å². The molecular weight excluding hydrogens is 268 g/mol. The number of aromatic nitrogens is 1. The number of ether oxygens (including phenoxy) is 1. The minimum Gasteiger partial charge on any atom is -0.396 e. The van der Waals surface area contributed by atoms with Crippen LogP contribution in [0.1, 0.15) is 12.8 Å². The lowest BCUT2D eigenvalue weighted by Crippen LogP contribution is -2.43. The van der Waals surface area contributed by atoms with Crippen LogP contribution in [0.4, 0.5) is 0 Å². The second kappa shape index (κ2) is 5.96. The molecule has 0 bridgehead atoms. The summed E-state index contributed by atoms with van der Waals surface area (Å²) in [5.74, 6) is 0. The Bertz CT molecular complexity index is 498. The molecule has 2 N–H and O–H groups in total. The topological polar surface area (TPSA) is 88.5 Å². The van der Waals surface area contributed by atoms with E-state index in [0.717, 1.165) is 0 Å². The Morgan fingerprint density at radius 2 is 2.16 bits per heavy atom. The number of aliphatic hydroxyl groups excluding tert-OH is 1. The molecule has 1 saturated heterocycles. The molecule has 1 aromatic heterocycles. The van der Waals surface area contributed by atoms with Gasteiger partial charge in [0.1, 0.15) is 4.90 Å². The Kier molecular flexibility index (Phi) is 4.51. The van der Waals surface area contributed by atoms with Crippen molar-refractivity contribution in [1.29, 1.82) is 0 Å². The van der Waals surface area contributed by atoms with Gasteiger partial charge in [-0.15, -0.1) is 0 Å². The average molecular weight is 286 g/mol. The Morgan fingerprint density at radius 1 is 1.42 bits per heavy atom. The maximum atomic E-state index is 12.1. The van der Waals surface area contributed by atoms with Gasteiger partial charge in [-0.05, 0) is 25.0 Å². The zero-order valence-corrected chi connectivity index (χ0v) is 11.4. The van der Waals surface area contributed by atoms with E-state index in [-0.39, 0.29) is 18.0 Å². The van der Waals surface area contributed by atoms with Gasteiger partial charge in [-0.2, -0.15) is 0 Å². The maximum Gasteiger partial charge on any atom is 0.242 e. The van der Waals surface area contributed by atoms with Gasteiger partial charge in [0.15, 0.2) is 0 Å². The summed E-state index contributed by atoms with van der Waals surface area (Å²) in [6.45, 7) is 1.26. The predicted octanol–water partition coefficient (Wildman–Crippen LogP) is 0.149. The third kappa shape index (κ3) is 3.50. The van der Waals surface area contributed by atoms with Crippen molar-refractivity contribution in [3.8, 4) is 0 Å². The molecule has 0 amide bonds. The van der Waals surface area contributed by atoms with Gasteiger partial charge in [0, 0.05) is 37.6 Å². The van der Waals surface area contributed by atoms with Crippen molar-refractivity contribution in [2.45, 2.75) is 17.7 Å². The monoisotopic (exact) mass is 286 g/mol. The van der Waals surface area contributed by atoms with Crippen molar-refractivity contribution in [2.75, 3.05) is 26.4 Å². The Morgan fingerprint density at radius 3 is 2.74 bits per heavy atom. The number of nitrogens with zero attached hydrogens (tertiary/aromatic N) is 1.